The molecular formula is C25H23F2NO2. The molecule has 30 heavy (non-hydrogen) atoms. The van der Waals surface area contributed by atoms with Gasteiger partial charge in [-0.05, 0) is 60.2 Å². The average Bonchev–Trinajstić information content (AvgIpc) is 2.74. The molecule has 154 valence electrons. The lowest BCUT2D eigenvalue weighted by molar-refractivity contribution is 0.0730. The van der Waals surface area contributed by atoms with Crippen LogP contribution in [-0.4, -0.2) is 5.97 Å². The van der Waals surface area contributed by atoms with Crippen LogP contribution >= 0.6 is 0 Å². The number of benzene rings is 3. The normalized spacial score (nSPS) is 10.7. The third kappa shape index (κ3) is 5.01. The van der Waals surface area contributed by atoms with E-state index in [-0.39, 0.29) is 22.3 Å². The third-order valence-electron chi connectivity index (χ3n) is 5.08. The number of carbonyl (C=O) groups is 1. The first-order valence-electron chi connectivity index (χ1n) is 10.2. The second kappa shape index (κ2) is 9.98. The SMILES string of the molecule is CCCCCCCc1ccc(C(=O)Oc2ccc3c(F)c(C#N)ccc3c2)c(F)c1. The summed E-state index contributed by atoms with van der Waals surface area (Å²) in [5.74, 6) is -1.87. The molecule has 0 unspecified atom stereocenters. The number of aryl methyl sites for hydroxylation is 1. The maximum absolute atomic E-state index is 14.4. The molecule has 0 amide bonds. The maximum Gasteiger partial charge on any atom is 0.346 e. The maximum atomic E-state index is 14.4. The molecule has 3 nitrogen and oxygen atoms in total. The van der Waals surface area contributed by atoms with E-state index in [1.165, 1.54) is 55.7 Å². The molecule has 0 aliphatic rings. The van der Waals surface area contributed by atoms with E-state index in [1.807, 2.05) is 0 Å². The molecular weight excluding hydrogens is 384 g/mol. The van der Waals surface area contributed by atoms with Crippen LogP contribution in [-0.2, 0) is 6.42 Å². The first-order chi connectivity index (χ1) is 14.5. The molecule has 3 rings (SSSR count). The van der Waals surface area contributed by atoms with Crippen molar-refractivity contribution in [2.24, 2.45) is 0 Å². The summed E-state index contributed by atoms with van der Waals surface area (Å²) in [6.07, 6.45) is 6.44. The van der Waals surface area contributed by atoms with Crippen LogP contribution in [0.3, 0.4) is 0 Å². The Morgan fingerprint density at radius 1 is 1.00 bits per heavy atom. The molecule has 0 atom stereocenters. The van der Waals surface area contributed by atoms with E-state index < -0.39 is 17.6 Å². The first kappa shape index (κ1) is 21.4. The van der Waals surface area contributed by atoms with Crippen LogP contribution in [0.15, 0.2) is 48.5 Å². The topological polar surface area (TPSA) is 50.1 Å². The molecule has 3 aromatic carbocycles. The number of ether oxygens (including phenoxy) is 1. The number of unbranched alkanes of at least 4 members (excludes halogenated alkanes) is 4. The summed E-state index contributed by atoms with van der Waals surface area (Å²) in [5.41, 5.74) is 0.658. The van der Waals surface area contributed by atoms with Crippen molar-refractivity contribution in [2.45, 2.75) is 45.4 Å². The van der Waals surface area contributed by atoms with Gasteiger partial charge in [-0.2, -0.15) is 5.26 Å². The number of hydrogen-bond acceptors (Lipinski definition) is 3. The summed E-state index contributed by atoms with van der Waals surface area (Å²) < 4.78 is 33.9. The first-order valence-corrected chi connectivity index (χ1v) is 10.2. The summed E-state index contributed by atoms with van der Waals surface area (Å²) in [6, 6.07) is 13.6. The Labute approximate surface area is 174 Å². The zero-order valence-corrected chi connectivity index (χ0v) is 16.9. The number of nitriles is 1. The molecule has 5 heteroatoms. The van der Waals surface area contributed by atoms with Gasteiger partial charge in [-0.15, -0.1) is 0 Å². The average molecular weight is 407 g/mol. The van der Waals surface area contributed by atoms with E-state index in [9.17, 15) is 13.6 Å². The van der Waals surface area contributed by atoms with Crippen LogP contribution in [0.2, 0.25) is 0 Å². The largest absolute Gasteiger partial charge is 0.423 e. The second-order valence-electron chi connectivity index (χ2n) is 7.29. The van der Waals surface area contributed by atoms with Crippen LogP contribution in [0.25, 0.3) is 10.8 Å². The van der Waals surface area contributed by atoms with Crippen molar-refractivity contribution in [3.05, 3.63) is 76.9 Å². The summed E-state index contributed by atoms with van der Waals surface area (Å²) in [4.78, 5) is 12.4. The monoisotopic (exact) mass is 407 g/mol. The Hall–Kier alpha value is -3.26. The van der Waals surface area contributed by atoms with Gasteiger partial charge in [0.15, 0.2) is 0 Å². The van der Waals surface area contributed by atoms with Gasteiger partial charge in [0.05, 0.1) is 11.1 Å². The van der Waals surface area contributed by atoms with Crippen LogP contribution in [0.1, 0.15) is 60.5 Å². The van der Waals surface area contributed by atoms with E-state index >= 15 is 0 Å². The Balaban J connectivity index is 1.69. The van der Waals surface area contributed by atoms with Gasteiger partial charge >= 0.3 is 5.97 Å². The summed E-state index contributed by atoms with van der Waals surface area (Å²) >= 11 is 0. The number of rotatable bonds is 8. The molecule has 0 N–H and O–H groups in total. The lowest BCUT2D eigenvalue weighted by atomic mass is 10.0. The number of fused-ring (bicyclic) bond motifs is 1. The highest BCUT2D eigenvalue weighted by Crippen LogP contribution is 2.26. The van der Waals surface area contributed by atoms with Crippen molar-refractivity contribution in [3.8, 4) is 11.8 Å². The van der Waals surface area contributed by atoms with Gasteiger partial charge in [-0.3, -0.25) is 0 Å². The van der Waals surface area contributed by atoms with Crippen molar-refractivity contribution in [1.29, 1.82) is 5.26 Å². The predicted molar refractivity (Wildman–Crippen MR) is 112 cm³/mol. The second-order valence-corrected chi connectivity index (χ2v) is 7.29. The molecule has 0 aromatic heterocycles. The third-order valence-corrected chi connectivity index (χ3v) is 5.08. The smallest absolute Gasteiger partial charge is 0.346 e. The highest BCUT2D eigenvalue weighted by molar-refractivity contribution is 5.92. The lowest BCUT2D eigenvalue weighted by Crippen LogP contribution is -2.11. The van der Waals surface area contributed by atoms with E-state index in [4.69, 9.17) is 10.00 Å². The summed E-state index contributed by atoms with van der Waals surface area (Å²) in [5, 5.41) is 9.65. The van der Waals surface area contributed by atoms with Gasteiger partial charge in [0.2, 0.25) is 0 Å². The fourth-order valence-corrected chi connectivity index (χ4v) is 3.39. The number of halogens is 2. The standard InChI is InChI=1S/C25H23F2NO2/c1-2-3-4-5-6-7-17-8-12-22(23(26)14-17)25(29)30-20-11-13-21-18(15-20)9-10-19(16-28)24(21)27/h8-15H,2-7H2,1H3. The van der Waals surface area contributed by atoms with Crippen molar-refractivity contribution in [1.82, 2.24) is 0 Å². The van der Waals surface area contributed by atoms with Gasteiger partial charge in [-0.1, -0.05) is 44.7 Å². The van der Waals surface area contributed by atoms with Crippen molar-refractivity contribution in [3.63, 3.8) is 0 Å². The van der Waals surface area contributed by atoms with E-state index in [1.54, 1.807) is 18.2 Å². The van der Waals surface area contributed by atoms with E-state index in [2.05, 4.69) is 6.92 Å². The van der Waals surface area contributed by atoms with Gasteiger partial charge in [0, 0.05) is 5.39 Å². The minimum absolute atomic E-state index is 0.0558. The molecule has 0 aliphatic carbocycles. The Morgan fingerprint density at radius 3 is 2.53 bits per heavy atom. The van der Waals surface area contributed by atoms with Crippen molar-refractivity contribution in [2.75, 3.05) is 0 Å². The molecule has 0 saturated carbocycles. The Morgan fingerprint density at radius 2 is 1.80 bits per heavy atom. The number of hydrogen-bond donors (Lipinski definition) is 0. The molecule has 0 heterocycles. The molecule has 0 bridgehead atoms. The summed E-state index contributed by atoms with van der Waals surface area (Å²) in [7, 11) is 0. The predicted octanol–water partition coefficient (Wildman–Crippen LogP) is 6.72. The zero-order valence-electron chi connectivity index (χ0n) is 16.9. The van der Waals surface area contributed by atoms with Crippen LogP contribution in [0.5, 0.6) is 5.75 Å². The highest BCUT2D eigenvalue weighted by atomic mass is 19.1. The zero-order chi connectivity index (χ0) is 21.5. The minimum Gasteiger partial charge on any atom is -0.423 e. The van der Waals surface area contributed by atoms with Gasteiger partial charge in [0.1, 0.15) is 23.5 Å². The van der Waals surface area contributed by atoms with Crippen LogP contribution < -0.4 is 4.74 Å². The Bertz CT molecular complexity index is 1100. The van der Waals surface area contributed by atoms with Gasteiger partial charge < -0.3 is 4.74 Å². The van der Waals surface area contributed by atoms with Crippen molar-refractivity contribution < 1.29 is 18.3 Å². The minimum atomic E-state index is -0.810. The Kier molecular flexibility index (Phi) is 7.13. The van der Waals surface area contributed by atoms with Crippen LogP contribution in [0.4, 0.5) is 8.78 Å². The molecule has 0 aliphatic heterocycles. The molecule has 3 aromatic rings. The fourth-order valence-electron chi connectivity index (χ4n) is 3.39. The quantitative estimate of drug-likeness (QED) is 0.236. The van der Waals surface area contributed by atoms with Gasteiger partial charge in [-0.25, -0.2) is 13.6 Å². The highest BCUT2D eigenvalue weighted by Gasteiger charge is 2.16. The lowest BCUT2D eigenvalue weighted by Gasteiger charge is -2.09. The summed E-state index contributed by atoms with van der Waals surface area (Å²) in [6.45, 7) is 2.16. The molecule has 0 saturated heterocycles. The van der Waals surface area contributed by atoms with Gasteiger partial charge in [0.25, 0.3) is 0 Å². The van der Waals surface area contributed by atoms with Crippen molar-refractivity contribution >= 4 is 16.7 Å². The molecule has 0 radical (unpaired) electrons. The molecule has 0 spiro atoms. The van der Waals surface area contributed by atoms with E-state index in [0.29, 0.717) is 5.39 Å². The fraction of sp³-hybridized carbons (Fsp3) is 0.280. The number of esters is 1. The van der Waals surface area contributed by atoms with E-state index in [0.717, 1.165) is 24.8 Å². The number of nitrogens with zero attached hydrogens (tertiary/aromatic N) is 1. The molecule has 0 fully saturated rings. The van der Waals surface area contributed by atoms with Crippen LogP contribution in [0, 0.1) is 23.0 Å². The number of carbonyl (C=O) groups excluding carboxylic acids is 1.